The molecule has 6 nitrogen and oxygen atoms in total. The van der Waals surface area contributed by atoms with Crippen molar-refractivity contribution in [1.82, 2.24) is 14.8 Å². The van der Waals surface area contributed by atoms with E-state index in [2.05, 4.69) is 10.1 Å². The van der Waals surface area contributed by atoms with E-state index in [1.165, 1.54) is 29.2 Å². The quantitative estimate of drug-likeness (QED) is 0.744. The average Bonchev–Trinajstić information content (AvgIpc) is 2.65. The molecule has 0 unspecified atom stereocenters. The lowest BCUT2D eigenvalue weighted by Gasteiger charge is -2.00. The van der Waals surface area contributed by atoms with Gasteiger partial charge in [0.05, 0.1) is 23.6 Å². The Morgan fingerprint density at radius 2 is 2.33 bits per heavy atom. The summed E-state index contributed by atoms with van der Waals surface area (Å²) in [6, 6.07) is 2.84. The molecule has 0 bridgehead atoms. The van der Waals surface area contributed by atoms with Crippen LogP contribution in [0.5, 0.6) is 0 Å². The Morgan fingerprint density at radius 3 is 2.93 bits per heavy atom. The van der Waals surface area contributed by atoms with Gasteiger partial charge in [0.1, 0.15) is 0 Å². The van der Waals surface area contributed by atoms with Crippen molar-refractivity contribution in [2.24, 2.45) is 0 Å². The number of carboxylic acids is 1. The molecule has 2 aromatic heterocycles. The first kappa shape index (κ1) is 9.20. The zero-order valence-electron chi connectivity index (χ0n) is 7.66. The van der Waals surface area contributed by atoms with Gasteiger partial charge in [-0.2, -0.15) is 5.10 Å². The number of hydrogen-bond donors (Lipinski definition) is 2. The monoisotopic (exact) mass is 204 g/mol. The summed E-state index contributed by atoms with van der Waals surface area (Å²) in [7, 11) is 0. The third-order valence-corrected chi connectivity index (χ3v) is 1.83. The summed E-state index contributed by atoms with van der Waals surface area (Å²) in [4.78, 5) is 14.7. The molecule has 0 fully saturated rings. The second-order valence-corrected chi connectivity index (χ2v) is 2.93. The fourth-order valence-corrected chi connectivity index (χ4v) is 1.14. The van der Waals surface area contributed by atoms with E-state index in [-0.39, 0.29) is 5.56 Å². The minimum atomic E-state index is -1.00. The molecule has 0 atom stereocenters. The van der Waals surface area contributed by atoms with Crippen LogP contribution in [0.4, 0.5) is 5.69 Å². The fourth-order valence-electron chi connectivity index (χ4n) is 1.14. The van der Waals surface area contributed by atoms with Crippen LogP contribution in [0.2, 0.25) is 0 Å². The Hall–Kier alpha value is -2.37. The van der Waals surface area contributed by atoms with Crippen LogP contribution in [-0.4, -0.2) is 25.8 Å². The molecule has 0 amide bonds. The zero-order valence-corrected chi connectivity index (χ0v) is 7.66. The van der Waals surface area contributed by atoms with Gasteiger partial charge in [0.25, 0.3) is 0 Å². The van der Waals surface area contributed by atoms with Gasteiger partial charge in [-0.25, -0.2) is 14.5 Å². The summed E-state index contributed by atoms with van der Waals surface area (Å²) < 4.78 is 1.42. The Balaban J connectivity index is 2.45. The Kier molecular flexibility index (Phi) is 2.09. The first-order valence-corrected chi connectivity index (χ1v) is 4.16. The van der Waals surface area contributed by atoms with E-state index in [4.69, 9.17) is 10.8 Å². The molecule has 76 valence electrons. The van der Waals surface area contributed by atoms with E-state index in [1.807, 2.05) is 0 Å². The minimum absolute atomic E-state index is 0.161. The largest absolute Gasteiger partial charge is 0.478 e. The molecular formula is C9H8N4O2. The first-order chi connectivity index (χ1) is 7.16. The molecule has 0 saturated heterocycles. The Labute approximate surface area is 85.0 Å². The van der Waals surface area contributed by atoms with Gasteiger partial charge >= 0.3 is 5.97 Å². The molecule has 0 aliphatic rings. The summed E-state index contributed by atoms with van der Waals surface area (Å²) in [5, 5.41) is 12.7. The highest BCUT2D eigenvalue weighted by Gasteiger charge is 2.05. The molecular weight excluding hydrogens is 196 g/mol. The molecule has 2 rings (SSSR count). The second-order valence-electron chi connectivity index (χ2n) is 2.93. The van der Waals surface area contributed by atoms with Gasteiger partial charge in [-0.1, -0.05) is 0 Å². The van der Waals surface area contributed by atoms with Crippen LogP contribution < -0.4 is 5.73 Å². The van der Waals surface area contributed by atoms with Crippen molar-refractivity contribution in [2.75, 3.05) is 5.73 Å². The predicted octanol–water partition coefficient (Wildman–Crippen LogP) is 0.548. The van der Waals surface area contributed by atoms with Crippen molar-refractivity contribution in [3.05, 3.63) is 36.3 Å². The van der Waals surface area contributed by atoms with Gasteiger partial charge in [-0.15, -0.1) is 0 Å². The maximum atomic E-state index is 10.7. The van der Waals surface area contributed by atoms with E-state index in [1.54, 1.807) is 6.20 Å². The van der Waals surface area contributed by atoms with E-state index in [0.29, 0.717) is 11.5 Å². The molecule has 0 saturated carbocycles. The van der Waals surface area contributed by atoms with Gasteiger partial charge < -0.3 is 10.8 Å². The lowest BCUT2D eigenvalue weighted by Crippen LogP contribution is -2.02. The van der Waals surface area contributed by atoms with Crippen LogP contribution in [0.15, 0.2) is 30.7 Å². The van der Waals surface area contributed by atoms with Crippen molar-refractivity contribution in [3.8, 4) is 5.82 Å². The molecule has 6 heteroatoms. The number of nitrogen functional groups attached to an aromatic ring is 1. The average molecular weight is 204 g/mol. The van der Waals surface area contributed by atoms with Gasteiger partial charge in [-0.3, -0.25) is 0 Å². The molecule has 0 aromatic carbocycles. The number of pyridine rings is 1. The van der Waals surface area contributed by atoms with Crippen molar-refractivity contribution >= 4 is 11.7 Å². The van der Waals surface area contributed by atoms with Crippen LogP contribution in [0, 0.1) is 0 Å². The zero-order chi connectivity index (χ0) is 10.8. The summed E-state index contributed by atoms with van der Waals surface area (Å²) in [5.41, 5.74) is 6.15. The lowest BCUT2D eigenvalue weighted by molar-refractivity contribution is 0.0696. The second kappa shape index (κ2) is 3.41. The van der Waals surface area contributed by atoms with Crippen molar-refractivity contribution < 1.29 is 9.90 Å². The van der Waals surface area contributed by atoms with Gasteiger partial charge in [0.2, 0.25) is 0 Å². The maximum absolute atomic E-state index is 10.7. The number of carboxylic acid groups (broad SMARTS) is 1. The van der Waals surface area contributed by atoms with Crippen LogP contribution in [0.3, 0.4) is 0 Å². The molecule has 3 N–H and O–H groups in total. The molecule has 0 spiro atoms. The number of hydrogen-bond acceptors (Lipinski definition) is 4. The molecule has 0 aliphatic heterocycles. The number of anilines is 1. The fraction of sp³-hybridized carbons (Fsp3) is 0. The molecule has 0 radical (unpaired) electrons. The lowest BCUT2D eigenvalue weighted by atomic mass is 10.3. The number of rotatable bonds is 2. The Bertz CT molecular complexity index is 506. The molecule has 2 aromatic rings. The SMILES string of the molecule is Nc1cnn(-c2cc(C(=O)O)ccn2)c1. The summed E-state index contributed by atoms with van der Waals surface area (Å²) in [6.45, 7) is 0. The standard InChI is InChI=1S/C9H8N4O2/c10-7-4-12-13(5-7)8-3-6(9(14)15)1-2-11-8/h1-5H,10H2,(H,14,15). The van der Waals surface area contributed by atoms with E-state index in [0.717, 1.165) is 0 Å². The number of nitrogens with two attached hydrogens (primary N) is 1. The van der Waals surface area contributed by atoms with Crippen LogP contribution in [0.1, 0.15) is 10.4 Å². The summed E-state index contributed by atoms with van der Waals surface area (Å²) in [5.74, 6) is -0.578. The predicted molar refractivity (Wildman–Crippen MR) is 52.7 cm³/mol. The van der Waals surface area contributed by atoms with Crippen molar-refractivity contribution in [3.63, 3.8) is 0 Å². The first-order valence-electron chi connectivity index (χ1n) is 4.16. The van der Waals surface area contributed by atoms with E-state index < -0.39 is 5.97 Å². The summed E-state index contributed by atoms with van der Waals surface area (Å²) in [6.07, 6.45) is 4.44. The maximum Gasteiger partial charge on any atom is 0.335 e. The third kappa shape index (κ3) is 1.78. The van der Waals surface area contributed by atoms with Gasteiger partial charge in [0.15, 0.2) is 5.82 Å². The van der Waals surface area contributed by atoms with Crippen LogP contribution in [-0.2, 0) is 0 Å². The normalized spacial score (nSPS) is 10.1. The van der Waals surface area contributed by atoms with Crippen LogP contribution >= 0.6 is 0 Å². The molecule has 0 aliphatic carbocycles. The number of nitrogens with zero attached hydrogens (tertiary/aromatic N) is 3. The van der Waals surface area contributed by atoms with E-state index >= 15 is 0 Å². The van der Waals surface area contributed by atoms with Crippen molar-refractivity contribution in [1.29, 1.82) is 0 Å². The highest BCUT2D eigenvalue weighted by molar-refractivity contribution is 5.87. The van der Waals surface area contributed by atoms with Gasteiger partial charge in [0, 0.05) is 6.20 Å². The minimum Gasteiger partial charge on any atom is -0.478 e. The molecule has 15 heavy (non-hydrogen) atoms. The van der Waals surface area contributed by atoms with Crippen LogP contribution in [0.25, 0.3) is 5.82 Å². The Morgan fingerprint density at radius 1 is 1.53 bits per heavy atom. The highest BCUT2D eigenvalue weighted by Crippen LogP contribution is 2.08. The van der Waals surface area contributed by atoms with E-state index in [9.17, 15) is 4.79 Å². The third-order valence-electron chi connectivity index (χ3n) is 1.83. The number of aromatic nitrogens is 3. The summed E-state index contributed by atoms with van der Waals surface area (Å²) >= 11 is 0. The smallest absolute Gasteiger partial charge is 0.335 e. The number of carbonyl (C=O) groups is 1. The topological polar surface area (TPSA) is 94.0 Å². The van der Waals surface area contributed by atoms with Gasteiger partial charge in [-0.05, 0) is 12.1 Å². The molecule has 2 heterocycles. The van der Waals surface area contributed by atoms with Crippen molar-refractivity contribution in [2.45, 2.75) is 0 Å². The number of aromatic carboxylic acids is 1. The highest BCUT2D eigenvalue weighted by atomic mass is 16.4.